The summed E-state index contributed by atoms with van der Waals surface area (Å²) in [6.45, 7) is 2.20. The predicted octanol–water partition coefficient (Wildman–Crippen LogP) is 2.05. The first-order valence-corrected chi connectivity index (χ1v) is 9.15. The molecule has 28 heavy (non-hydrogen) atoms. The third kappa shape index (κ3) is 4.21. The van der Waals surface area contributed by atoms with E-state index in [9.17, 15) is 14.4 Å². The highest BCUT2D eigenvalue weighted by Crippen LogP contribution is 2.22. The highest BCUT2D eigenvalue weighted by Gasteiger charge is 2.30. The Labute approximate surface area is 162 Å². The van der Waals surface area contributed by atoms with Gasteiger partial charge >= 0.3 is 5.97 Å². The van der Waals surface area contributed by atoms with E-state index >= 15 is 0 Å². The largest absolute Gasteiger partial charge is 0.481 e. The maximum atomic E-state index is 12.7. The molecule has 2 amide bonds. The van der Waals surface area contributed by atoms with E-state index in [2.05, 4.69) is 4.98 Å². The van der Waals surface area contributed by atoms with E-state index in [1.807, 2.05) is 30.3 Å². The number of piperidine rings is 1. The predicted molar refractivity (Wildman–Crippen MR) is 101 cm³/mol. The van der Waals surface area contributed by atoms with Gasteiger partial charge in [0.25, 0.3) is 5.91 Å². The van der Waals surface area contributed by atoms with Crippen molar-refractivity contribution in [3.8, 4) is 11.5 Å². The second-order valence-electron chi connectivity index (χ2n) is 6.97. The van der Waals surface area contributed by atoms with Crippen LogP contribution >= 0.6 is 0 Å². The van der Waals surface area contributed by atoms with Crippen LogP contribution in [0.25, 0.3) is 11.5 Å². The average Bonchev–Trinajstić information content (AvgIpc) is 3.09. The highest BCUT2D eigenvalue weighted by molar-refractivity contribution is 5.96. The molecule has 2 heterocycles. The third-order valence-corrected chi connectivity index (χ3v) is 4.86. The summed E-state index contributed by atoms with van der Waals surface area (Å²) < 4.78 is 5.61. The normalized spacial score (nSPS) is 16.6. The van der Waals surface area contributed by atoms with Crippen molar-refractivity contribution in [2.75, 3.05) is 26.7 Å². The van der Waals surface area contributed by atoms with E-state index < -0.39 is 17.8 Å². The summed E-state index contributed by atoms with van der Waals surface area (Å²) in [5.41, 5.74) is 0.924. The van der Waals surface area contributed by atoms with Crippen molar-refractivity contribution in [1.82, 2.24) is 14.8 Å². The molecule has 8 heteroatoms. The zero-order valence-electron chi connectivity index (χ0n) is 15.9. The van der Waals surface area contributed by atoms with E-state index in [-0.39, 0.29) is 24.7 Å². The van der Waals surface area contributed by atoms with Crippen molar-refractivity contribution in [2.24, 2.45) is 5.92 Å². The number of hydrogen-bond acceptors (Lipinski definition) is 5. The third-order valence-electron chi connectivity index (χ3n) is 4.86. The lowest BCUT2D eigenvalue weighted by Gasteiger charge is -2.31. The van der Waals surface area contributed by atoms with Crippen molar-refractivity contribution < 1.29 is 23.9 Å². The van der Waals surface area contributed by atoms with Gasteiger partial charge in [0.1, 0.15) is 5.76 Å². The van der Waals surface area contributed by atoms with Gasteiger partial charge in [-0.1, -0.05) is 18.2 Å². The van der Waals surface area contributed by atoms with Crippen molar-refractivity contribution in [3.05, 3.63) is 41.8 Å². The number of oxazole rings is 1. The molecule has 1 aromatic carbocycles. The van der Waals surface area contributed by atoms with Crippen LogP contribution in [0.5, 0.6) is 0 Å². The van der Waals surface area contributed by atoms with Crippen molar-refractivity contribution in [3.63, 3.8) is 0 Å². The van der Waals surface area contributed by atoms with Crippen LogP contribution in [0.15, 0.2) is 34.7 Å². The molecule has 1 fully saturated rings. The molecule has 0 aliphatic carbocycles. The van der Waals surface area contributed by atoms with Gasteiger partial charge in [0, 0.05) is 25.7 Å². The number of likely N-dealkylation sites (N-methyl/N-ethyl adjacent to an activating group) is 1. The van der Waals surface area contributed by atoms with Crippen LogP contribution in [-0.4, -0.2) is 64.4 Å². The van der Waals surface area contributed by atoms with Crippen LogP contribution in [0.2, 0.25) is 0 Å². The van der Waals surface area contributed by atoms with Gasteiger partial charge in [0.2, 0.25) is 11.8 Å². The lowest BCUT2D eigenvalue weighted by molar-refractivity contribution is -0.145. The molecule has 1 aliphatic rings. The molecular weight excluding hydrogens is 362 g/mol. The number of carbonyl (C=O) groups is 3. The molecule has 148 valence electrons. The summed E-state index contributed by atoms with van der Waals surface area (Å²) in [5, 5.41) is 9.16. The van der Waals surface area contributed by atoms with E-state index in [1.54, 1.807) is 6.92 Å². The minimum atomic E-state index is -0.895. The second-order valence-corrected chi connectivity index (χ2v) is 6.97. The molecule has 2 aromatic rings. The topological polar surface area (TPSA) is 104 Å². The standard InChI is InChI=1S/C20H23N3O5/c1-13-17(21-18(28-13)14-7-4-3-5-8-14)19(25)22(2)12-16(24)23-10-6-9-15(11-23)20(26)27/h3-5,7-8,15H,6,9-12H2,1-2H3,(H,26,27). The number of aromatic nitrogens is 1. The Morgan fingerprint density at radius 1 is 1.29 bits per heavy atom. The minimum absolute atomic E-state index is 0.141. The fourth-order valence-corrected chi connectivity index (χ4v) is 3.26. The highest BCUT2D eigenvalue weighted by atomic mass is 16.4. The first-order chi connectivity index (χ1) is 13.4. The minimum Gasteiger partial charge on any atom is -0.481 e. The maximum Gasteiger partial charge on any atom is 0.308 e. The van der Waals surface area contributed by atoms with E-state index in [4.69, 9.17) is 9.52 Å². The van der Waals surface area contributed by atoms with Gasteiger partial charge in [-0.3, -0.25) is 14.4 Å². The number of aliphatic carboxylic acids is 1. The van der Waals surface area contributed by atoms with Gasteiger partial charge in [-0.25, -0.2) is 4.98 Å². The fraction of sp³-hybridized carbons (Fsp3) is 0.400. The molecule has 1 saturated heterocycles. The molecule has 0 bridgehead atoms. The summed E-state index contributed by atoms with van der Waals surface area (Å²) in [5.74, 6) is -1.40. The van der Waals surface area contributed by atoms with Gasteiger partial charge in [-0.2, -0.15) is 0 Å². The lowest BCUT2D eigenvalue weighted by atomic mass is 9.98. The number of amides is 2. The zero-order valence-corrected chi connectivity index (χ0v) is 15.9. The van der Waals surface area contributed by atoms with Gasteiger partial charge in [0.15, 0.2) is 5.69 Å². The summed E-state index contributed by atoms with van der Waals surface area (Å²) in [6, 6.07) is 9.25. The molecule has 3 rings (SSSR count). The SMILES string of the molecule is Cc1oc(-c2ccccc2)nc1C(=O)N(C)CC(=O)N1CCCC(C(=O)O)C1. The first kappa shape index (κ1) is 19.6. The molecule has 1 aliphatic heterocycles. The Morgan fingerprint density at radius 2 is 2.00 bits per heavy atom. The molecule has 0 radical (unpaired) electrons. The Balaban J connectivity index is 1.67. The van der Waals surface area contributed by atoms with Gasteiger partial charge in [-0.15, -0.1) is 0 Å². The van der Waals surface area contributed by atoms with E-state index in [0.29, 0.717) is 31.0 Å². The molecule has 1 aromatic heterocycles. The first-order valence-electron chi connectivity index (χ1n) is 9.15. The molecule has 0 spiro atoms. The summed E-state index contributed by atoms with van der Waals surface area (Å²) in [4.78, 5) is 43.5. The number of aryl methyl sites for hydroxylation is 1. The Hall–Kier alpha value is -3.16. The maximum absolute atomic E-state index is 12.7. The van der Waals surface area contributed by atoms with Gasteiger partial charge in [-0.05, 0) is 31.9 Å². The quantitative estimate of drug-likeness (QED) is 0.845. The monoisotopic (exact) mass is 385 g/mol. The van der Waals surface area contributed by atoms with Gasteiger partial charge < -0.3 is 19.3 Å². The molecular formula is C20H23N3O5. The molecule has 0 saturated carbocycles. The average molecular weight is 385 g/mol. The number of hydrogen-bond donors (Lipinski definition) is 1. The van der Waals surface area contributed by atoms with Crippen LogP contribution in [0, 0.1) is 12.8 Å². The van der Waals surface area contributed by atoms with Crippen molar-refractivity contribution >= 4 is 17.8 Å². The van der Waals surface area contributed by atoms with Crippen LogP contribution in [0.3, 0.4) is 0 Å². The molecule has 1 atom stereocenters. The van der Waals surface area contributed by atoms with E-state index in [0.717, 1.165) is 5.56 Å². The van der Waals surface area contributed by atoms with Crippen LogP contribution in [-0.2, 0) is 9.59 Å². The molecule has 8 nitrogen and oxygen atoms in total. The van der Waals surface area contributed by atoms with E-state index in [1.165, 1.54) is 16.8 Å². The molecule has 1 unspecified atom stereocenters. The summed E-state index contributed by atoms with van der Waals surface area (Å²) in [6.07, 6.45) is 1.21. The lowest BCUT2D eigenvalue weighted by Crippen LogP contribution is -2.47. The zero-order chi connectivity index (χ0) is 20.3. The molecule has 1 N–H and O–H groups in total. The van der Waals surface area contributed by atoms with Crippen LogP contribution < -0.4 is 0 Å². The number of carboxylic acid groups (broad SMARTS) is 1. The Kier molecular flexibility index (Phi) is 5.77. The number of nitrogens with zero attached hydrogens (tertiary/aromatic N) is 3. The fourth-order valence-electron chi connectivity index (χ4n) is 3.26. The second kappa shape index (κ2) is 8.24. The summed E-state index contributed by atoms with van der Waals surface area (Å²) >= 11 is 0. The number of rotatable bonds is 5. The number of benzene rings is 1. The van der Waals surface area contributed by atoms with Crippen LogP contribution in [0.1, 0.15) is 29.1 Å². The van der Waals surface area contributed by atoms with Crippen LogP contribution in [0.4, 0.5) is 0 Å². The Morgan fingerprint density at radius 3 is 2.68 bits per heavy atom. The summed E-state index contributed by atoms with van der Waals surface area (Å²) in [7, 11) is 1.52. The van der Waals surface area contributed by atoms with Gasteiger partial charge in [0.05, 0.1) is 12.5 Å². The number of likely N-dealkylation sites (tertiary alicyclic amines) is 1. The number of carbonyl (C=O) groups excluding carboxylic acids is 2. The van der Waals surface area contributed by atoms with Crippen molar-refractivity contribution in [1.29, 1.82) is 0 Å². The Bertz CT molecular complexity index is 877. The number of carboxylic acids is 1. The van der Waals surface area contributed by atoms with Crippen molar-refractivity contribution in [2.45, 2.75) is 19.8 Å². The smallest absolute Gasteiger partial charge is 0.308 e.